The number of hydrogen-bond acceptors (Lipinski definition) is 3. The highest BCUT2D eigenvalue weighted by Gasteiger charge is 2.41. The summed E-state index contributed by atoms with van der Waals surface area (Å²) in [6, 6.07) is 6.53. The molecule has 3 rings (SSSR count). The summed E-state index contributed by atoms with van der Waals surface area (Å²) in [5.41, 5.74) is 4.41. The zero-order valence-electron chi connectivity index (χ0n) is 15.1. The normalized spacial score (nSPS) is 25.5. The van der Waals surface area contributed by atoms with Crippen LogP contribution in [0.4, 0.5) is 0 Å². The van der Waals surface area contributed by atoms with E-state index in [1.54, 1.807) is 0 Å². The second-order valence-electron chi connectivity index (χ2n) is 7.72. The highest BCUT2D eigenvalue weighted by atomic mass is 16.3. The number of aliphatic hydroxyl groups excluding tert-OH is 1. The predicted molar refractivity (Wildman–Crippen MR) is 95.8 cm³/mol. The Morgan fingerprint density at radius 3 is 2.62 bits per heavy atom. The lowest BCUT2D eigenvalue weighted by molar-refractivity contribution is -0.140. The van der Waals surface area contributed by atoms with Crippen molar-refractivity contribution in [2.24, 2.45) is 5.41 Å². The zero-order chi connectivity index (χ0) is 17.2. The number of carbonyl (C=O) groups is 1. The molecular weight excluding hydrogens is 300 g/mol. The molecule has 1 N–H and O–H groups in total. The first-order valence-corrected chi connectivity index (χ1v) is 9.19. The van der Waals surface area contributed by atoms with E-state index in [-0.39, 0.29) is 17.9 Å². The summed E-state index contributed by atoms with van der Waals surface area (Å²) in [4.78, 5) is 16.5. The van der Waals surface area contributed by atoms with Gasteiger partial charge in [0.25, 0.3) is 0 Å². The molecule has 2 heterocycles. The average molecular weight is 330 g/mol. The molecule has 4 heteroatoms. The van der Waals surface area contributed by atoms with Gasteiger partial charge in [0.2, 0.25) is 5.91 Å². The molecule has 0 bridgehead atoms. The Morgan fingerprint density at radius 2 is 1.92 bits per heavy atom. The van der Waals surface area contributed by atoms with E-state index < -0.39 is 0 Å². The summed E-state index contributed by atoms with van der Waals surface area (Å²) in [5, 5.41) is 9.23. The fourth-order valence-corrected chi connectivity index (χ4v) is 4.53. The van der Waals surface area contributed by atoms with Crippen LogP contribution in [-0.2, 0) is 11.3 Å². The van der Waals surface area contributed by atoms with E-state index in [4.69, 9.17) is 0 Å². The third kappa shape index (κ3) is 3.65. The number of benzene rings is 1. The van der Waals surface area contributed by atoms with Crippen molar-refractivity contribution in [3.8, 4) is 0 Å². The van der Waals surface area contributed by atoms with Crippen molar-refractivity contribution in [2.45, 2.75) is 46.1 Å². The highest BCUT2D eigenvalue weighted by molar-refractivity contribution is 5.77. The molecule has 2 saturated heterocycles. The molecule has 2 fully saturated rings. The number of hydrogen-bond donors (Lipinski definition) is 1. The largest absolute Gasteiger partial charge is 0.395 e. The molecule has 4 nitrogen and oxygen atoms in total. The maximum Gasteiger partial charge on any atom is 0.222 e. The van der Waals surface area contributed by atoms with Crippen LogP contribution in [0.25, 0.3) is 0 Å². The lowest BCUT2D eigenvalue weighted by atomic mass is 9.73. The number of piperidine rings is 2. The van der Waals surface area contributed by atoms with Crippen LogP contribution in [0.2, 0.25) is 0 Å². The topological polar surface area (TPSA) is 43.8 Å². The highest BCUT2D eigenvalue weighted by Crippen LogP contribution is 2.39. The number of likely N-dealkylation sites (tertiary alicyclic amines) is 2. The van der Waals surface area contributed by atoms with Crippen LogP contribution in [0.1, 0.15) is 42.4 Å². The molecule has 2 aliphatic rings. The summed E-state index contributed by atoms with van der Waals surface area (Å²) in [7, 11) is 0. The molecule has 132 valence electrons. The Morgan fingerprint density at radius 1 is 1.17 bits per heavy atom. The fraction of sp³-hybridized carbons (Fsp3) is 0.650. The number of carbonyl (C=O) groups excluding carboxylic acids is 1. The average Bonchev–Trinajstić information content (AvgIpc) is 2.55. The molecule has 1 amide bonds. The molecular formula is C20H30N2O2. The van der Waals surface area contributed by atoms with Crippen molar-refractivity contribution >= 4 is 5.91 Å². The van der Waals surface area contributed by atoms with Gasteiger partial charge in [-0.05, 0) is 56.3 Å². The Kier molecular flexibility index (Phi) is 5.26. The number of β-amino-alcohol motifs (C(OH)–C–C–N with tert-alkyl or cyclic N) is 1. The standard InChI is InChI=1S/C20H30N2O2/c1-16-5-3-6-17(2)18(16)13-21-10-4-8-20(14-21)9-7-19(24)22(15-20)11-12-23/h3,5-6,23H,4,7-15H2,1-2H3. The molecule has 1 atom stereocenters. The SMILES string of the molecule is Cc1cccc(C)c1CN1CCCC2(CCC(=O)N(CCO)C2)C1. The van der Waals surface area contributed by atoms with Crippen molar-refractivity contribution in [1.29, 1.82) is 0 Å². The molecule has 0 aromatic heterocycles. The third-order valence-electron chi connectivity index (χ3n) is 5.88. The van der Waals surface area contributed by atoms with Gasteiger partial charge in [0.15, 0.2) is 0 Å². The van der Waals surface area contributed by atoms with E-state index >= 15 is 0 Å². The molecule has 0 saturated carbocycles. The minimum atomic E-state index is 0.0634. The van der Waals surface area contributed by atoms with E-state index in [9.17, 15) is 9.90 Å². The van der Waals surface area contributed by atoms with Gasteiger partial charge in [0.05, 0.1) is 6.61 Å². The smallest absolute Gasteiger partial charge is 0.222 e. The third-order valence-corrected chi connectivity index (χ3v) is 5.88. The van der Waals surface area contributed by atoms with Crippen LogP contribution in [0.3, 0.4) is 0 Å². The first kappa shape index (κ1) is 17.4. The van der Waals surface area contributed by atoms with Crippen LogP contribution in [0, 0.1) is 19.3 Å². The second-order valence-corrected chi connectivity index (χ2v) is 7.72. The lowest BCUT2D eigenvalue weighted by Crippen LogP contribution is -2.54. The summed E-state index contributed by atoms with van der Waals surface area (Å²) in [5.74, 6) is 0.210. The van der Waals surface area contributed by atoms with Crippen LogP contribution in [-0.4, -0.2) is 53.6 Å². The van der Waals surface area contributed by atoms with Gasteiger partial charge in [0.1, 0.15) is 0 Å². The Hall–Kier alpha value is -1.39. The Labute approximate surface area is 145 Å². The number of aliphatic hydroxyl groups is 1. The first-order valence-electron chi connectivity index (χ1n) is 9.19. The molecule has 1 aromatic rings. The van der Waals surface area contributed by atoms with Crippen molar-refractivity contribution < 1.29 is 9.90 Å². The summed E-state index contributed by atoms with van der Waals surface area (Å²) >= 11 is 0. The molecule has 1 unspecified atom stereocenters. The van der Waals surface area contributed by atoms with Crippen LogP contribution < -0.4 is 0 Å². The first-order chi connectivity index (χ1) is 11.5. The predicted octanol–water partition coefficient (Wildman–Crippen LogP) is 2.50. The number of nitrogens with zero attached hydrogens (tertiary/aromatic N) is 2. The van der Waals surface area contributed by atoms with Crippen molar-refractivity contribution in [3.63, 3.8) is 0 Å². The monoisotopic (exact) mass is 330 g/mol. The van der Waals surface area contributed by atoms with Crippen LogP contribution >= 0.6 is 0 Å². The van der Waals surface area contributed by atoms with Gasteiger partial charge >= 0.3 is 0 Å². The van der Waals surface area contributed by atoms with Gasteiger partial charge in [0, 0.05) is 38.0 Å². The van der Waals surface area contributed by atoms with Gasteiger partial charge in [-0.25, -0.2) is 0 Å². The van der Waals surface area contributed by atoms with Crippen LogP contribution in [0.15, 0.2) is 18.2 Å². The van der Waals surface area contributed by atoms with E-state index in [0.717, 1.165) is 32.6 Å². The zero-order valence-corrected chi connectivity index (χ0v) is 15.1. The van der Waals surface area contributed by atoms with Crippen LogP contribution in [0.5, 0.6) is 0 Å². The molecule has 0 radical (unpaired) electrons. The van der Waals surface area contributed by atoms with Crippen molar-refractivity contribution in [3.05, 3.63) is 34.9 Å². The second kappa shape index (κ2) is 7.24. The van der Waals surface area contributed by atoms with E-state index in [2.05, 4.69) is 36.9 Å². The van der Waals surface area contributed by atoms with Crippen molar-refractivity contribution in [1.82, 2.24) is 9.80 Å². The van der Waals surface area contributed by atoms with Gasteiger partial charge in [-0.2, -0.15) is 0 Å². The fourth-order valence-electron chi connectivity index (χ4n) is 4.53. The molecule has 1 spiro atoms. The summed E-state index contributed by atoms with van der Waals surface area (Å²) in [6.45, 7) is 8.98. The van der Waals surface area contributed by atoms with Gasteiger partial charge in [-0.15, -0.1) is 0 Å². The lowest BCUT2D eigenvalue weighted by Gasteiger charge is -2.48. The number of amides is 1. The quantitative estimate of drug-likeness (QED) is 0.922. The minimum absolute atomic E-state index is 0.0634. The van der Waals surface area contributed by atoms with E-state index in [1.807, 2.05) is 4.90 Å². The molecule has 24 heavy (non-hydrogen) atoms. The molecule has 1 aromatic carbocycles. The summed E-state index contributed by atoms with van der Waals surface area (Å²) in [6.07, 6.45) is 4.03. The summed E-state index contributed by atoms with van der Waals surface area (Å²) < 4.78 is 0. The van der Waals surface area contributed by atoms with Crippen molar-refractivity contribution in [2.75, 3.05) is 32.8 Å². The number of aryl methyl sites for hydroxylation is 2. The van der Waals surface area contributed by atoms with Gasteiger partial charge < -0.3 is 10.0 Å². The maximum atomic E-state index is 12.1. The van der Waals surface area contributed by atoms with Gasteiger partial charge in [-0.1, -0.05) is 18.2 Å². The molecule has 2 aliphatic heterocycles. The van der Waals surface area contributed by atoms with Gasteiger partial charge in [-0.3, -0.25) is 9.69 Å². The minimum Gasteiger partial charge on any atom is -0.395 e. The Balaban J connectivity index is 1.71. The van der Waals surface area contributed by atoms with E-state index in [1.165, 1.54) is 29.5 Å². The molecule has 0 aliphatic carbocycles. The maximum absolute atomic E-state index is 12.1. The van der Waals surface area contributed by atoms with E-state index in [0.29, 0.717) is 13.0 Å². The Bertz CT molecular complexity index is 581. The number of rotatable bonds is 4.